The van der Waals surface area contributed by atoms with Crippen molar-refractivity contribution < 1.29 is 14.3 Å². The highest BCUT2D eigenvalue weighted by molar-refractivity contribution is 5.88. The summed E-state index contributed by atoms with van der Waals surface area (Å²) in [5.74, 6) is 0.788. The summed E-state index contributed by atoms with van der Waals surface area (Å²) in [6.07, 6.45) is 3.34. The van der Waals surface area contributed by atoms with E-state index >= 15 is 0 Å². The normalized spacial score (nSPS) is 12.2. The maximum Gasteiger partial charge on any atom is 0.331 e. The fraction of sp³-hybridized carbons (Fsp3) is 0.526. The third-order valence-electron chi connectivity index (χ3n) is 2.88. The summed E-state index contributed by atoms with van der Waals surface area (Å²) >= 11 is 0. The second-order valence-corrected chi connectivity index (χ2v) is 6.95. The van der Waals surface area contributed by atoms with Gasteiger partial charge in [0.05, 0.1) is 6.10 Å². The average Bonchev–Trinajstić information content (AvgIpc) is 2.33. The molecule has 22 heavy (non-hydrogen) atoms. The van der Waals surface area contributed by atoms with Gasteiger partial charge in [0, 0.05) is 11.6 Å². The minimum absolute atomic E-state index is 0.0797. The lowest BCUT2D eigenvalue weighted by molar-refractivity contribution is -0.148. The molecule has 1 aromatic rings. The number of carbonyl (C=O) groups excluding carboxylic acids is 1. The highest BCUT2D eigenvalue weighted by Crippen LogP contribution is 2.30. The Morgan fingerprint density at radius 1 is 1.14 bits per heavy atom. The summed E-state index contributed by atoms with van der Waals surface area (Å²) in [7, 11) is 0. The first kappa shape index (κ1) is 18.3. The zero-order valence-electron chi connectivity index (χ0n) is 14.8. The van der Waals surface area contributed by atoms with Crippen LogP contribution in [0.2, 0.25) is 0 Å². The van der Waals surface area contributed by atoms with Gasteiger partial charge in [-0.05, 0) is 58.2 Å². The molecule has 0 bridgehead atoms. The zero-order chi connectivity index (χ0) is 16.9. The smallest absolute Gasteiger partial charge is 0.331 e. The number of rotatable bonds is 5. The van der Waals surface area contributed by atoms with Crippen LogP contribution in [0.5, 0.6) is 5.75 Å². The number of hydrogen-bond donors (Lipinski definition) is 0. The van der Waals surface area contributed by atoms with Crippen LogP contribution in [0.1, 0.15) is 65.5 Å². The van der Waals surface area contributed by atoms with Crippen LogP contribution in [0.4, 0.5) is 0 Å². The summed E-state index contributed by atoms with van der Waals surface area (Å²) in [4.78, 5) is 11.9. The fourth-order valence-electron chi connectivity index (χ4n) is 2.09. The molecule has 0 saturated carbocycles. The van der Waals surface area contributed by atoms with E-state index in [1.54, 1.807) is 6.08 Å². The van der Waals surface area contributed by atoms with Gasteiger partial charge in [0.25, 0.3) is 0 Å². The van der Waals surface area contributed by atoms with Crippen LogP contribution < -0.4 is 4.74 Å². The largest absolute Gasteiger partial charge is 0.490 e. The number of ether oxygens (including phenoxy) is 2. The van der Waals surface area contributed by atoms with Crippen LogP contribution in [0.15, 0.2) is 24.3 Å². The van der Waals surface area contributed by atoms with Crippen molar-refractivity contribution in [1.29, 1.82) is 0 Å². The molecular formula is C19H28O3. The molecule has 0 aliphatic heterocycles. The lowest BCUT2D eigenvalue weighted by Crippen LogP contribution is -2.22. The van der Waals surface area contributed by atoms with Crippen molar-refractivity contribution in [3.63, 3.8) is 0 Å². The lowest BCUT2D eigenvalue weighted by atomic mass is 9.96. The van der Waals surface area contributed by atoms with Gasteiger partial charge < -0.3 is 9.47 Å². The van der Waals surface area contributed by atoms with Crippen molar-refractivity contribution in [2.75, 3.05) is 0 Å². The first-order valence-electron chi connectivity index (χ1n) is 7.80. The molecule has 0 radical (unpaired) electrons. The number of esters is 1. The molecule has 0 heterocycles. The monoisotopic (exact) mass is 304 g/mol. The first-order valence-corrected chi connectivity index (χ1v) is 7.80. The van der Waals surface area contributed by atoms with Gasteiger partial charge in [0.15, 0.2) is 0 Å². The molecule has 0 N–H and O–H groups in total. The van der Waals surface area contributed by atoms with Crippen LogP contribution in [0, 0.1) is 0 Å². The van der Waals surface area contributed by atoms with Crippen molar-refractivity contribution in [3.8, 4) is 5.75 Å². The van der Waals surface area contributed by atoms with Gasteiger partial charge in [-0.15, -0.1) is 0 Å². The molecule has 3 nitrogen and oxygen atoms in total. The Morgan fingerprint density at radius 3 is 2.27 bits per heavy atom. The SMILES string of the molecule is CC(C)Oc1cccc(C(C)C)c1/C=C/C(=O)OC(C)(C)C. The van der Waals surface area contributed by atoms with Crippen LogP contribution in [-0.2, 0) is 9.53 Å². The third-order valence-corrected chi connectivity index (χ3v) is 2.88. The van der Waals surface area contributed by atoms with E-state index in [1.807, 2.05) is 46.8 Å². The van der Waals surface area contributed by atoms with E-state index in [1.165, 1.54) is 6.08 Å². The van der Waals surface area contributed by atoms with Gasteiger partial charge in [0.1, 0.15) is 11.4 Å². The topological polar surface area (TPSA) is 35.5 Å². The van der Waals surface area contributed by atoms with Crippen LogP contribution in [-0.4, -0.2) is 17.7 Å². The molecule has 1 aromatic carbocycles. The van der Waals surface area contributed by atoms with E-state index < -0.39 is 5.60 Å². The molecule has 122 valence electrons. The second kappa shape index (κ2) is 7.48. The van der Waals surface area contributed by atoms with Gasteiger partial charge in [-0.25, -0.2) is 4.79 Å². The highest BCUT2D eigenvalue weighted by atomic mass is 16.6. The van der Waals surface area contributed by atoms with Gasteiger partial charge in [-0.1, -0.05) is 26.0 Å². The summed E-state index contributed by atoms with van der Waals surface area (Å²) in [5, 5.41) is 0. The average molecular weight is 304 g/mol. The van der Waals surface area contributed by atoms with Crippen LogP contribution in [0.25, 0.3) is 6.08 Å². The molecule has 0 aromatic heterocycles. The van der Waals surface area contributed by atoms with Gasteiger partial charge in [0.2, 0.25) is 0 Å². The van der Waals surface area contributed by atoms with E-state index in [4.69, 9.17) is 9.47 Å². The lowest BCUT2D eigenvalue weighted by Gasteiger charge is -2.19. The Labute approximate surface area is 134 Å². The molecule has 0 atom stereocenters. The number of hydrogen-bond acceptors (Lipinski definition) is 3. The third kappa shape index (κ3) is 5.92. The molecule has 0 unspecified atom stereocenters. The summed E-state index contributed by atoms with van der Waals surface area (Å²) in [6, 6.07) is 5.98. The Hall–Kier alpha value is -1.77. The Balaban J connectivity index is 3.12. The molecule has 0 fully saturated rings. The minimum Gasteiger partial charge on any atom is -0.490 e. The van der Waals surface area contributed by atoms with E-state index in [-0.39, 0.29) is 12.1 Å². The van der Waals surface area contributed by atoms with E-state index in [0.29, 0.717) is 5.92 Å². The number of benzene rings is 1. The van der Waals surface area contributed by atoms with Gasteiger partial charge in [-0.2, -0.15) is 0 Å². The predicted octanol–water partition coefficient (Wildman–Crippen LogP) is 4.95. The molecule has 0 spiro atoms. The minimum atomic E-state index is -0.490. The molecule has 0 saturated heterocycles. The maximum absolute atomic E-state index is 11.9. The summed E-state index contributed by atoms with van der Waals surface area (Å²) in [5.41, 5.74) is 1.60. The molecule has 0 aliphatic rings. The first-order chi connectivity index (χ1) is 10.1. The quantitative estimate of drug-likeness (QED) is 0.570. The van der Waals surface area contributed by atoms with Crippen molar-refractivity contribution in [3.05, 3.63) is 35.4 Å². The standard InChI is InChI=1S/C19H28O3/c1-13(2)15-9-8-10-17(21-14(3)4)16(15)11-12-18(20)22-19(5,6)7/h8-14H,1-7H3/b12-11+. The Bertz CT molecular complexity index is 534. The Morgan fingerprint density at radius 2 is 1.77 bits per heavy atom. The molecule has 1 rings (SSSR count). The summed E-state index contributed by atoms with van der Waals surface area (Å²) < 4.78 is 11.2. The fourth-order valence-corrected chi connectivity index (χ4v) is 2.09. The van der Waals surface area contributed by atoms with Gasteiger partial charge in [-0.3, -0.25) is 0 Å². The van der Waals surface area contributed by atoms with Gasteiger partial charge >= 0.3 is 5.97 Å². The molecule has 3 heteroatoms. The second-order valence-electron chi connectivity index (χ2n) is 6.95. The van der Waals surface area contributed by atoms with Crippen molar-refractivity contribution in [2.45, 2.75) is 66.1 Å². The molecular weight excluding hydrogens is 276 g/mol. The summed E-state index contributed by atoms with van der Waals surface area (Å²) in [6.45, 7) is 13.8. The van der Waals surface area contributed by atoms with Crippen molar-refractivity contribution >= 4 is 12.0 Å². The van der Waals surface area contributed by atoms with E-state index in [9.17, 15) is 4.79 Å². The molecule has 0 amide bonds. The maximum atomic E-state index is 11.9. The number of carbonyl (C=O) groups is 1. The molecule has 0 aliphatic carbocycles. The van der Waals surface area contributed by atoms with E-state index in [0.717, 1.165) is 16.9 Å². The Kier molecular flexibility index (Phi) is 6.21. The van der Waals surface area contributed by atoms with Crippen LogP contribution >= 0.6 is 0 Å². The van der Waals surface area contributed by atoms with E-state index in [2.05, 4.69) is 19.9 Å². The highest BCUT2D eigenvalue weighted by Gasteiger charge is 2.15. The van der Waals surface area contributed by atoms with Crippen molar-refractivity contribution in [1.82, 2.24) is 0 Å². The van der Waals surface area contributed by atoms with Crippen LogP contribution in [0.3, 0.4) is 0 Å². The zero-order valence-corrected chi connectivity index (χ0v) is 14.8. The predicted molar refractivity (Wildman–Crippen MR) is 91.2 cm³/mol. The van der Waals surface area contributed by atoms with Crippen molar-refractivity contribution in [2.24, 2.45) is 0 Å².